The lowest BCUT2D eigenvalue weighted by molar-refractivity contribution is -0.519. The zero-order valence-electron chi connectivity index (χ0n) is 27.4. The quantitative estimate of drug-likeness (QED) is 0.0606. The monoisotopic (exact) mass is 627 g/mol. The number of nitriles is 1. The normalized spacial score (nSPS) is 16.2. The van der Waals surface area contributed by atoms with Crippen LogP contribution >= 0.6 is 0 Å². The summed E-state index contributed by atoms with van der Waals surface area (Å²) in [6.45, 7) is 14.0. The maximum atomic E-state index is 12.4. The molecule has 7 heteroatoms. The van der Waals surface area contributed by atoms with Gasteiger partial charge in [-0.2, -0.15) is 0 Å². The topological polar surface area (TPSA) is 107 Å². The van der Waals surface area contributed by atoms with E-state index >= 15 is 0 Å². The fourth-order valence-electron chi connectivity index (χ4n) is 7.63. The summed E-state index contributed by atoms with van der Waals surface area (Å²) in [5, 5.41) is 26.4. The Balaban J connectivity index is 1.71. The number of fused-ring (bicyclic) bond motifs is 4. The zero-order chi connectivity index (χ0) is 33.9. The van der Waals surface area contributed by atoms with Crippen molar-refractivity contribution in [2.24, 2.45) is 0 Å². The molecule has 48 heavy (non-hydrogen) atoms. The van der Waals surface area contributed by atoms with Gasteiger partial charge < -0.3 is 21.5 Å². The minimum absolute atomic E-state index is 0.000922. The number of nitrogen functional groups attached to an aromatic ring is 2. The van der Waals surface area contributed by atoms with Crippen molar-refractivity contribution in [3.63, 3.8) is 0 Å². The minimum atomic E-state index is -0.110. The van der Waals surface area contributed by atoms with Crippen LogP contribution in [-0.2, 0) is 0 Å². The Labute approximate surface area is 280 Å². The Kier molecular flexibility index (Phi) is 7.27. The molecule has 0 bridgehead atoms. The second kappa shape index (κ2) is 11.5. The SMILES string of the molecule is [C-]#[N+]C(C#N)=C1C(c2c3ccccc3c(N(C)C)c3cccc(N)c23)=C(O)/C1=C1\c2ccccc2C(=[N+](CC)CC)c2cccc(N)c21. The summed E-state index contributed by atoms with van der Waals surface area (Å²) in [6, 6.07) is 29.9. The molecule has 0 saturated heterocycles. The van der Waals surface area contributed by atoms with Crippen LogP contribution in [0.4, 0.5) is 17.1 Å². The smallest absolute Gasteiger partial charge is 0.270 e. The molecule has 5 N–H and O–H groups in total. The van der Waals surface area contributed by atoms with E-state index in [9.17, 15) is 10.4 Å². The van der Waals surface area contributed by atoms with Crippen LogP contribution in [0.5, 0.6) is 0 Å². The van der Waals surface area contributed by atoms with Gasteiger partial charge in [-0.05, 0) is 49.1 Å². The number of allylic oxidation sites excluding steroid dienone is 3. The number of aliphatic hydroxyl groups excluding tert-OH is 1. The van der Waals surface area contributed by atoms with Gasteiger partial charge in [-0.3, -0.25) is 0 Å². The van der Waals surface area contributed by atoms with E-state index in [0.29, 0.717) is 39.2 Å². The highest BCUT2D eigenvalue weighted by atomic mass is 16.3. The van der Waals surface area contributed by atoms with Crippen molar-refractivity contribution >= 4 is 55.5 Å². The summed E-state index contributed by atoms with van der Waals surface area (Å²) in [4.78, 5) is 5.79. The van der Waals surface area contributed by atoms with Crippen molar-refractivity contribution < 1.29 is 9.68 Å². The molecule has 234 valence electrons. The van der Waals surface area contributed by atoms with Crippen molar-refractivity contribution in [1.82, 2.24) is 0 Å². The van der Waals surface area contributed by atoms with Crippen LogP contribution in [0.1, 0.15) is 41.7 Å². The average Bonchev–Trinajstić information content (AvgIpc) is 3.09. The Morgan fingerprint density at radius 3 is 2.04 bits per heavy atom. The largest absolute Gasteiger partial charge is 0.507 e. The van der Waals surface area contributed by atoms with Crippen molar-refractivity contribution in [3.8, 4) is 6.07 Å². The molecular weight excluding hydrogens is 592 g/mol. The van der Waals surface area contributed by atoms with Crippen LogP contribution in [0.3, 0.4) is 0 Å². The van der Waals surface area contributed by atoms with Gasteiger partial charge in [-0.1, -0.05) is 60.7 Å². The molecule has 5 aromatic rings. The van der Waals surface area contributed by atoms with Crippen molar-refractivity contribution in [1.29, 1.82) is 5.26 Å². The first-order chi connectivity index (χ1) is 23.3. The molecule has 0 fully saturated rings. The Hall–Kier alpha value is -6.31. The Morgan fingerprint density at radius 2 is 1.38 bits per heavy atom. The summed E-state index contributed by atoms with van der Waals surface area (Å²) < 4.78 is 2.31. The Morgan fingerprint density at radius 1 is 0.771 bits per heavy atom. The van der Waals surface area contributed by atoms with E-state index in [1.807, 2.05) is 80.8 Å². The van der Waals surface area contributed by atoms with Gasteiger partial charge >= 0.3 is 0 Å². The van der Waals surface area contributed by atoms with E-state index < -0.39 is 0 Å². The summed E-state index contributed by atoms with van der Waals surface area (Å²) in [5.74, 6) is -0.000922. The third-order valence-electron chi connectivity index (χ3n) is 9.56. The van der Waals surface area contributed by atoms with Crippen LogP contribution < -0.4 is 16.4 Å². The van der Waals surface area contributed by atoms with Gasteiger partial charge in [0.25, 0.3) is 5.70 Å². The lowest BCUT2D eigenvalue weighted by Gasteiger charge is -2.35. The predicted molar refractivity (Wildman–Crippen MR) is 197 cm³/mol. The number of rotatable bonds is 4. The molecule has 2 aliphatic carbocycles. The Bertz CT molecular complexity index is 2420. The molecule has 0 heterocycles. The molecule has 5 aromatic carbocycles. The van der Waals surface area contributed by atoms with Gasteiger partial charge in [0.05, 0.1) is 29.5 Å². The summed E-state index contributed by atoms with van der Waals surface area (Å²) in [7, 11) is 3.99. The fourth-order valence-corrected chi connectivity index (χ4v) is 7.63. The highest BCUT2D eigenvalue weighted by Crippen LogP contribution is 2.57. The van der Waals surface area contributed by atoms with E-state index in [1.54, 1.807) is 0 Å². The van der Waals surface area contributed by atoms with Crippen molar-refractivity contribution in [2.45, 2.75) is 13.8 Å². The molecular formula is C41H35N6O+. The van der Waals surface area contributed by atoms with Crippen LogP contribution in [0.25, 0.3) is 37.5 Å². The van der Waals surface area contributed by atoms with Gasteiger partial charge in [0.15, 0.2) is 0 Å². The molecule has 0 unspecified atom stereocenters. The number of aliphatic hydroxyl groups is 1. The fraction of sp³-hybridized carbons (Fsp3) is 0.146. The second-order valence-corrected chi connectivity index (χ2v) is 12.2. The molecule has 0 aromatic heterocycles. The summed E-state index contributed by atoms with van der Waals surface area (Å²) in [5.41, 5.74) is 22.9. The van der Waals surface area contributed by atoms with Crippen molar-refractivity contribution in [2.75, 3.05) is 43.6 Å². The lowest BCUT2D eigenvalue weighted by Crippen LogP contribution is -2.29. The zero-order valence-corrected chi connectivity index (χ0v) is 27.4. The maximum absolute atomic E-state index is 12.4. The van der Waals surface area contributed by atoms with Gasteiger partial charge in [0.1, 0.15) is 18.8 Å². The molecule has 0 amide bonds. The van der Waals surface area contributed by atoms with E-state index in [2.05, 4.69) is 52.4 Å². The molecule has 0 saturated carbocycles. The van der Waals surface area contributed by atoms with E-state index in [0.717, 1.165) is 68.3 Å². The molecule has 0 aliphatic heterocycles. The highest BCUT2D eigenvalue weighted by molar-refractivity contribution is 6.27. The first-order valence-corrected chi connectivity index (χ1v) is 16.0. The van der Waals surface area contributed by atoms with E-state index in [1.165, 1.54) is 0 Å². The predicted octanol–water partition coefficient (Wildman–Crippen LogP) is 7.91. The van der Waals surface area contributed by atoms with Crippen LogP contribution in [0.15, 0.2) is 108 Å². The summed E-state index contributed by atoms with van der Waals surface area (Å²) >= 11 is 0. The van der Waals surface area contributed by atoms with Gasteiger partial charge in [-0.25, -0.2) is 14.7 Å². The van der Waals surface area contributed by atoms with Gasteiger partial charge in [0.2, 0.25) is 5.71 Å². The minimum Gasteiger partial charge on any atom is -0.507 e. The van der Waals surface area contributed by atoms with Crippen LogP contribution in [0, 0.1) is 17.9 Å². The second-order valence-electron chi connectivity index (χ2n) is 12.2. The van der Waals surface area contributed by atoms with E-state index in [-0.39, 0.29) is 11.5 Å². The molecule has 7 rings (SSSR count). The van der Waals surface area contributed by atoms with Crippen LogP contribution in [0.2, 0.25) is 0 Å². The number of nitrogens with two attached hydrogens (primary N) is 2. The highest BCUT2D eigenvalue weighted by Gasteiger charge is 2.42. The standard InChI is InChI=1S/C41H34N6O/c1-6-47(7-2)40-26-17-11-9-15-24(26)35(33-28(40)19-13-21-30(33)44)38-36(31(22-42)45-3)37(41(38)48)34-23-14-8-10-16-25(23)39(46(4)5)27-18-12-20-29(43)32(27)34/h8-21H,6-7,43-44H2,1-2,4-5H3/p+1. The molecule has 0 spiro atoms. The third kappa shape index (κ3) is 4.15. The number of hydrogen-bond acceptors (Lipinski definition) is 5. The maximum Gasteiger partial charge on any atom is 0.270 e. The van der Waals surface area contributed by atoms with Crippen LogP contribution in [-0.4, -0.2) is 42.6 Å². The van der Waals surface area contributed by atoms with Gasteiger partial charge in [0, 0.05) is 75.0 Å². The number of anilines is 3. The number of hydrogen-bond donors (Lipinski definition) is 3. The van der Waals surface area contributed by atoms with Gasteiger partial charge in [-0.15, -0.1) is 0 Å². The molecule has 0 atom stereocenters. The van der Waals surface area contributed by atoms with Crippen molar-refractivity contribution in [3.05, 3.63) is 147 Å². The first-order valence-electron chi connectivity index (χ1n) is 16.0. The third-order valence-corrected chi connectivity index (χ3v) is 9.56. The number of nitrogens with zero attached hydrogens (tertiary/aromatic N) is 4. The first kappa shape index (κ1) is 30.3. The molecule has 2 aliphatic rings. The lowest BCUT2D eigenvalue weighted by atomic mass is 9.69. The number of benzene rings is 5. The summed E-state index contributed by atoms with van der Waals surface area (Å²) in [6.07, 6.45) is 0. The average molecular weight is 628 g/mol. The molecule has 7 nitrogen and oxygen atoms in total. The molecule has 0 radical (unpaired) electrons. The van der Waals surface area contributed by atoms with E-state index in [4.69, 9.17) is 18.0 Å².